The van der Waals surface area contributed by atoms with Crippen molar-refractivity contribution in [3.05, 3.63) is 0 Å². The molecule has 0 aliphatic rings. The fourth-order valence-corrected chi connectivity index (χ4v) is 4.03. The Labute approximate surface area is 224 Å². The summed E-state index contributed by atoms with van der Waals surface area (Å²) in [5.41, 5.74) is 10.7. The molecule has 214 valence electrons. The number of primary amides is 2. The first-order chi connectivity index (χ1) is 17.6. The number of aliphatic hydroxyl groups is 1. The molecular weight excluding hydrogens is 494 g/mol. The first-order valence-electron chi connectivity index (χ1n) is 12.9. The molecule has 0 spiro atoms. The monoisotopic (exact) mass is 537 g/mol. The standard InChI is InChI=1S/C26H43N5O7/c1-6-15(4)24(22(35)12-19(14(2)3)25(29)37)31-26(38)17(7-10-23(28)36)11-21(34)20(30-16(5)32)9-8-18(33)13-27/h14-15,17-20,24,33H,6-12H2,1-5H3,(H2,28,36)(H2,29,37)(H,30,32)(H,31,38)/t15?,17-,18?,19+,20+,24+/m1/s1. The molecule has 2 unspecified atom stereocenters. The molecular formula is C26H43N5O7. The van der Waals surface area contributed by atoms with Crippen LogP contribution in [0.25, 0.3) is 0 Å². The van der Waals surface area contributed by atoms with E-state index < -0.39 is 59.4 Å². The van der Waals surface area contributed by atoms with Gasteiger partial charge in [0.1, 0.15) is 6.10 Å². The molecule has 6 atom stereocenters. The molecule has 0 rings (SSSR count). The highest BCUT2D eigenvalue weighted by molar-refractivity contribution is 5.95. The van der Waals surface area contributed by atoms with E-state index in [0.717, 1.165) is 0 Å². The molecule has 12 heteroatoms. The normalized spacial score (nSPS) is 15.7. The zero-order chi connectivity index (χ0) is 29.6. The second kappa shape index (κ2) is 17.2. The van der Waals surface area contributed by atoms with Crippen molar-refractivity contribution in [2.45, 2.75) is 97.8 Å². The van der Waals surface area contributed by atoms with Crippen LogP contribution in [0, 0.1) is 35.0 Å². The number of amides is 4. The summed E-state index contributed by atoms with van der Waals surface area (Å²) in [6, 6.07) is -0.374. The van der Waals surface area contributed by atoms with Crippen LogP contribution in [0.2, 0.25) is 0 Å². The van der Waals surface area contributed by atoms with Gasteiger partial charge in [0.15, 0.2) is 11.6 Å². The van der Waals surface area contributed by atoms with Gasteiger partial charge in [0.2, 0.25) is 23.6 Å². The number of hydrogen-bond acceptors (Lipinski definition) is 8. The Morgan fingerprint density at radius 1 is 0.921 bits per heavy atom. The summed E-state index contributed by atoms with van der Waals surface area (Å²) in [5, 5.41) is 23.5. The van der Waals surface area contributed by atoms with Crippen molar-refractivity contribution in [3.63, 3.8) is 0 Å². The molecule has 0 aliphatic heterocycles. The van der Waals surface area contributed by atoms with Crippen LogP contribution < -0.4 is 22.1 Å². The molecule has 7 N–H and O–H groups in total. The quantitative estimate of drug-likeness (QED) is 0.143. The fourth-order valence-electron chi connectivity index (χ4n) is 4.03. The third-order valence-electron chi connectivity index (χ3n) is 6.65. The summed E-state index contributed by atoms with van der Waals surface area (Å²) >= 11 is 0. The lowest BCUT2D eigenvalue weighted by Gasteiger charge is -2.28. The van der Waals surface area contributed by atoms with Crippen LogP contribution in [-0.2, 0) is 28.8 Å². The van der Waals surface area contributed by atoms with Gasteiger partial charge >= 0.3 is 0 Å². The molecule has 0 aliphatic carbocycles. The van der Waals surface area contributed by atoms with Crippen LogP contribution >= 0.6 is 0 Å². The highest BCUT2D eigenvalue weighted by atomic mass is 16.3. The predicted molar refractivity (Wildman–Crippen MR) is 139 cm³/mol. The van der Waals surface area contributed by atoms with E-state index in [-0.39, 0.29) is 56.1 Å². The van der Waals surface area contributed by atoms with E-state index in [1.165, 1.54) is 6.92 Å². The Balaban J connectivity index is 5.86. The number of nitrogens with two attached hydrogens (primary N) is 2. The fraction of sp³-hybridized carbons (Fsp3) is 0.731. The summed E-state index contributed by atoms with van der Waals surface area (Å²) in [5.74, 6) is -5.57. The van der Waals surface area contributed by atoms with Crippen LogP contribution in [0.5, 0.6) is 0 Å². The molecule has 0 aromatic carbocycles. The van der Waals surface area contributed by atoms with Crippen molar-refractivity contribution in [3.8, 4) is 6.07 Å². The smallest absolute Gasteiger partial charge is 0.224 e. The Morgan fingerprint density at radius 2 is 1.53 bits per heavy atom. The van der Waals surface area contributed by atoms with E-state index in [4.69, 9.17) is 16.7 Å². The van der Waals surface area contributed by atoms with E-state index in [2.05, 4.69) is 10.6 Å². The van der Waals surface area contributed by atoms with Gasteiger partial charge in [0.05, 0.1) is 18.2 Å². The maximum atomic E-state index is 13.3. The first-order valence-corrected chi connectivity index (χ1v) is 12.9. The molecule has 0 bridgehead atoms. The summed E-state index contributed by atoms with van der Waals surface area (Å²) in [7, 11) is 0. The minimum absolute atomic E-state index is 0.0328. The molecule has 0 heterocycles. The topological polar surface area (TPSA) is 223 Å². The number of ketones is 2. The number of carbonyl (C=O) groups excluding carboxylic acids is 6. The molecule has 0 aromatic heterocycles. The lowest BCUT2D eigenvalue weighted by atomic mass is 9.84. The SMILES string of the molecule is CCC(C)[C@H](NC(=O)[C@H](CCC(N)=O)CC(=O)[C@H](CCC(O)C#N)NC(C)=O)C(=O)C[C@H](C(N)=O)C(C)C. The van der Waals surface area contributed by atoms with Gasteiger partial charge in [0, 0.05) is 38.0 Å². The summed E-state index contributed by atoms with van der Waals surface area (Å²) < 4.78 is 0. The van der Waals surface area contributed by atoms with E-state index >= 15 is 0 Å². The third-order valence-corrected chi connectivity index (χ3v) is 6.65. The molecule has 0 saturated carbocycles. The van der Waals surface area contributed by atoms with Crippen molar-refractivity contribution >= 4 is 35.2 Å². The van der Waals surface area contributed by atoms with Crippen molar-refractivity contribution in [1.29, 1.82) is 5.26 Å². The van der Waals surface area contributed by atoms with Crippen LogP contribution in [0.4, 0.5) is 0 Å². The van der Waals surface area contributed by atoms with Gasteiger partial charge < -0.3 is 27.2 Å². The average molecular weight is 538 g/mol. The van der Waals surface area contributed by atoms with Gasteiger partial charge in [-0.2, -0.15) is 5.26 Å². The number of Topliss-reactive ketones (excluding diaryl/α,β-unsaturated/α-hetero) is 2. The van der Waals surface area contributed by atoms with Crippen LogP contribution in [-0.4, -0.2) is 58.5 Å². The number of rotatable bonds is 19. The van der Waals surface area contributed by atoms with Crippen molar-refractivity contribution in [1.82, 2.24) is 10.6 Å². The van der Waals surface area contributed by atoms with Crippen molar-refractivity contribution in [2.24, 2.45) is 35.1 Å². The molecule has 0 saturated heterocycles. The average Bonchev–Trinajstić information content (AvgIpc) is 2.83. The number of carbonyl (C=O) groups is 6. The largest absolute Gasteiger partial charge is 0.378 e. The molecule has 0 radical (unpaired) electrons. The Kier molecular flexibility index (Phi) is 15.7. The van der Waals surface area contributed by atoms with Gasteiger partial charge in [-0.25, -0.2) is 0 Å². The van der Waals surface area contributed by atoms with Gasteiger partial charge in [-0.05, 0) is 31.1 Å². The molecule has 38 heavy (non-hydrogen) atoms. The first kappa shape index (κ1) is 34.7. The molecule has 4 amide bonds. The van der Waals surface area contributed by atoms with Crippen molar-refractivity contribution < 1.29 is 33.9 Å². The number of nitrogens with zero attached hydrogens (tertiary/aromatic N) is 1. The summed E-state index contributed by atoms with van der Waals surface area (Å²) in [6.45, 7) is 8.36. The second-order valence-electron chi connectivity index (χ2n) is 10.1. The molecule has 0 fully saturated rings. The van der Waals surface area contributed by atoms with E-state index in [9.17, 15) is 33.9 Å². The van der Waals surface area contributed by atoms with Crippen LogP contribution in [0.15, 0.2) is 0 Å². The highest BCUT2D eigenvalue weighted by Crippen LogP contribution is 2.21. The van der Waals surface area contributed by atoms with Crippen molar-refractivity contribution in [2.75, 3.05) is 0 Å². The van der Waals surface area contributed by atoms with Gasteiger partial charge in [-0.3, -0.25) is 28.8 Å². The predicted octanol–water partition coefficient (Wildman–Crippen LogP) is 0.244. The van der Waals surface area contributed by atoms with E-state index in [1.54, 1.807) is 26.8 Å². The van der Waals surface area contributed by atoms with Gasteiger partial charge in [0.25, 0.3) is 0 Å². The number of aliphatic hydroxyl groups excluding tert-OH is 1. The van der Waals surface area contributed by atoms with E-state index in [1.807, 2.05) is 6.92 Å². The molecule has 12 nitrogen and oxygen atoms in total. The maximum absolute atomic E-state index is 13.3. The Morgan fingerprint density at radius 3 is 1.97 bits per heavy atom. The zero-order valence-electron chi connectivity index (χ0n) is 23.0. The summed E-state index contributed by atoms with van der Waals surface area (Å²) in [6.07, 6.45) is -1.69. The Hall–Kier alpha value is -3.33. The summed E-state index contributed by atoms with van der Waals surface area (Å²) in [4.78, 5) is 74.4. The lowest BCUT2D eigenvalue weighted by molar-refractivity contribution is -0.135. The third kappa shape index (κ3) is 12.8. The lowest BCUT2D eigenvalue weighted by Crippen LogP contribution is -2.49. The number of hydrogen-bond donors (Lipinski definition) is 5. The number of nitrogens with one attached hydrogen (secondary N) is 2. The zero-order valence-corrected chi connectivity index (χ0v) is 23.0. The van der Waals surface area contributed by atoms with Gasteiger partial charge in [-0.1, -0.05) is 34.1 Å². The van der Waals surface area contributed by atoms with E-state index in [0.29, 0.717) is 6.42 Å². The number of nitriles is 1. The van der Waals surface area contributed by atoms with Gasteiger partial charge in [-0.15, -0.1) is 0 Å². The van der Waals surface area contributed by atoms with Crippen LogP contribution in [0.3, 0.4) is 0 Å². The minimum Gasteiger partial charge on any atom is -0.378 e. The maximum Gasteiger partial charge on any atom is 0.224 e. The Bertz CT molecular complexity index is 899. The second-order valence-corrected chi connectivity index (χ2v) is 10.1. The highest BCUT2D eigenvalue weighted by Gasteiger charge is 2.34. The molecule has 0 aromatic rings. The van der Waals surface area contributed by atoms with Crippen LogP contribution in [0.1, 0.15) is 79.6 Å². The minimum atomic E-state index is -1.33.